The maximum absolute atomic E-state index is 10.0. The van der Waals surface area contributed by atoms with E-state index in [1.54, 1.807) is 0 Å². The number of hydrogen-bond donors (Lipinski definition) is 1. The Morgan fingerprint density at radius 1 is 1.17 bits per heavy atom. The molecule has 0 fully saturated rings. The predicted molar refractivity (Wildman–Crippen MR) is 72.8 cm³/mol. The zero-order chi connectivity index (χ0) is 13.5. The molecule has 2 unspecified atom stereocenters. The second-order valence-electron chi connectivity index (χ2n) is 4.66. The molecule has 102 valence electrons. The lowest BCUT2D eigenvalue weighted by Crippen LogP contribution is -2.19. The van der Waals surface area contributed by atoms with Crippen LogP contribution < -0.4 is 0 Å². The van der Waals surface area contributed by atoms with E-state index in [0.717, 1.165) is 5.56 Å². The Bertz CT molecular complexity index is 363. The van der Waals surface area contributed by atoms with Gasteiger partial charge in [-0.3, -0.25) is 0 Å². The van der Waals surface area contributed by atoms with Gasteiger partial charge < -0.3 is 14.6 Å². The van der Waals surface area contributed by atoms with Crippen LogP contribution in [0.4, 0.5) is 0 Å². The van der Waals surface area contributed by atoms with Crippen LogP contribution in [0.2, 0.25) is 0 Å². The number of rotatable bonds is 7. The van der Waals surface area contributed by atoms with Crippen molar-refractivity contribution < 1.29 is 14.6 Å². The number of aliphatic hydroxyl groups is 1. The van der Waals surface area contributed by atoms with Gasteiger partial charge in [0.25, 0.3) is 0 Å². The molecule has 1 rings (SSSR count). The zero-order valence-electron chi connectivity index (χ0n) is 11.8. The van der Waals surface area contributed by atoms with Crippen molar-refractivity contribution in [3.63, 3.8) is 0 Å². The summed E-state index contributed by atoms with van der Waals surface area (Å²) >= 11 is 0. The summed E-state index contributed by atoms with van der Waals surface area (Å²) < 4.78 is 10.8. The van der Waals surface area contributed by atoms with Crippen molar-refractivity contribution in [2.75, 3.05) is 19.8 Å². The Morgan fingerprint density at radius 3 is 2.50 bits per heavy atom. The molecule has 0 aromatic heterocycles. The molecule has 0 saturated carbocycles. The molecule has 0 aliphatic heterocycles. The van der Waals surface area contributed by atoms with Gasteiger partial charge in [-0.1, -0.05) is 18.2 Å². The number of benzene rings is 1. The van der Waals surface area contributed by atoms with Crippen LogP contribution in [0, 0.1) is 13.8 Å². The minimum absolute atomic E-state index is 0.00569. The third kappa shape index (κ3) is 4.77. The lowest BCUT2D eigenvalue weighted by molar-refractivity contribution is -0.0395. The van der Waals surface area contributed by atoms with E-state index in [4.69, 9.17) is 9.47 Å². The predicted octanol–water partition coefficient (Wildman–Crippen LogP) is 2.78. The van der Waals surface area contributed by atoms with Crippen LogP contribution in [0.1, 0.15) is 36.6 Å². The molecule has 0 spiro atoms. The Kier molecular flexibility index (Phi) is 6.33. The van der Waals surface area contributed by atoms with Crippen molar-refractivity contribution in [3.8, 4) is 0 Å². The van der Waals surface area contributed by atoms with Crippen LogP contribution in [0.3, 0.4) is 0 Å². The summed E-state index contributed by atoms with van der Waals surface area (Å²) in [6.07, 6.45) is -0.570. The van der Waals surface area contributed by atoms with E-state index in [1.165, 1.54) is 11.1 Å². The van der Waals surface area contributed by atoms with Gasteiger partial charge in [0.15, 0.2) is 0 Å². The standard InChI is InChI=1S/C15H24O3/c1-5-17-9-13(4)18-10-15(16)14-7-6-11(2)12(3)8-14/h6-8,13,15-16H,5,9-10H2,1-4H3. The van der Waals surface area contributed by atoms with Crippen molar-refractivity contribution in [3.05, 3.63) is 34.9 Å². The molecule has 0 amide bonds. The van der Waals surface area contributed by atoms with Crippen molar-refractivity contribution >= 4 is 0 Å². The van der Waals surface area contributed by atoms with E-state index >= 15 is 0 Å². The summed E-state index contributed by atoms with van der Waals surface area (Å²) in [6.45, 7) is 9.57. The molecule has 1 aromatic carbocycles. The molecule has 18 heavy (non-hydrogen) atoms. The fraction of sp³-hybridized carbons (Fsp3) is 0.600. The topological polar surface area (TPSA) is 38.7 Å². The molecule has 1 N–H and O–H groups in total. The normalized spacial score (nSPS) is 14.5. The molecule has 0 radical (unpaired) electrons. The molecular weight excluding hydrogens is 228 g/mol. The first kappa shape index (κ1) is 15.2. The lowest BCUT2D eigenvalue weighted by Gasteiger charge is -2.17. The highest BCUT2D eigenvalue weighted by atomic mass is 16.5. The first-order chi connectivity index (χ1) is 8.54. The highest BCUT2D eigenvalue weighted by Crippen LogP contribution is 2.17. The fourth-order valence-electron chi connectivity index (χ4n) is 1.66. The third-order valence-corrected chi connectivity index (χ3v) is 3.01. The summed E-state index contributed by atoms with van der Waals surface area (Å²) in [7, 11) is 0. The van der Waals surface area contributed by atoms with Crippen LogP contribution in [0.5, 0.6) is 0 Å². The number of ether oxygens (including phenoxy) is 2. The summed E-state index contributed by atoms with van der Waals surface area (Å²) in [5.74, 6) is 0. The van der Waals surface area contributed by atoms with Gasteiger partial charge in [-0.2, -0.15) is 0 Å². The molecule has 1 aromatic rings. The maximum atomic E-state index is 10.0. The number of aliphatic hydroxyl groups excluding tert-OH is 1. The molecule has 0 aliphatic rings. The van der Waals surface area contributed by atoms with E-state index in [-0.39, 0.29) is 6.10 Å². The second kappa shape index (κ2) is 7.52. The Labute approximate surface area is 110 Å². The Morgan fingerprint density at radius 2 is 1.89 bits per heavy atom. The summed E-state index contributed by atoms with van der Waals surface area (Å²) in [5, 5.41) is 10.0. The monoisotopic (exact) mass is 252 g/mol. The van der Waals surface area contributed by atoms with E-state index in [2.05, 4.69) is 6.92 Å². The largest absolute Gasteiger partial charge is 0.386 e. The van der Waals surface area contributed by atoms with Crippen LogP contribution in [-0.4, -0.2) is 31.0 Å². The van der Waals surface area contributed by atoms with E-state index in [9.17, 15) is 5.11 Å². The van der Waals surface area contributed by atoms with Crippen LogP contribution in [-0.2, 0) is 9.47 Å². The van der Waals surface area contributed by atoms with Gasteiger partial charge in [0.05, 0.1) is 19.3 Å². The quantitative estimate of drug-likeness (QED) is 0.811. The minimum Gasteiger partial charge on any atom is -0.386 e. The molecule has 0 aliphatic carbocycles. The van der Waals surface area contributed by atoms with Gasteiger partial charge in [0.2, 0.25) is 0 Å². The van der Waals surface area contributed by atoms with Crippen molar-refractivity contribution in [1.29, 1.82) is 0 Å². The highest BCUT2D eigenvalue weighted by Gasteiger charge is 2.11. The van der Waals surface area contributed by atoms with Gasteiger partial charge >= 0.3 is 0 Å². The van der Waals surface area contributed by atoms with Crippen LogP contribution in [0.25, 0.3) is 0 Å². The highest BCUT2D eigenvalue weighted by molar-refractivity contribution is 5.31. The molecule has 2 atom stereocenters. The van der Waals surface area contributed by atoms with E-state index in [0.29, 0.717) is 19.8 Å². The maximum Gasteiger partial charge on any atom is 0.102 e. The van der Waals surface area contributed by atoms with Crippen molar-refractivity contribution in [2.24, 2.45) is 0 Å². The second-order valence-corrected chi connectivity index (χ2v) is 4.66. The Hall–Kier alpha value is -0.900. The van der Waals surface area contributed by atoms with Crippen molar-refractivity contribution in [1.82, 2.24) is 0 Å². The summed E-state index contributed by atoms with van der Waals surface area (Å²) in [4.78, 5) is 0. The average molecular weight is 252 g/mol. The van der Waals surface area contributed by atoms with Gasteiger partial charge in [-0.25, -0.2) is 0 Å². The third-order valence-electron chi connectivity index (χ3n) is 3.01. The van der Waals surface area contributed by atoms with Gasteiger partial charge in [0, 0.05) is 6.61 Å². The first-order valence-corrected chi connectivity index (χ1v) is 6.49. The average Bonchev–Trinajstić information content (AvgIpc) is 2.36. The number of hydrogen-bond acceptors (Lipinski definition) is 3. The summed E-state index contributed by atoms with van der Waals surface area (Å²) in [6, 6.07) is 5.98. The van der Waals surface area contributed by atoms with Gasteiger partial charge in [-0.05, 0) is 44.4 Å². The minimum atomic E-state index is -0.576. The first-order valence-electron chi connectivity index (χ1n) is 6.49. The molecule has 0 bridgehead atoms. The summed E-state index contributed by atoms with van der Waals surface area (Å²) in [5.41, 5.74) is 3.33. The molecule has 3 nitrogen and oxygen atoms in total. The molecular formula is C15H24O3. The fourth-order valence-corrected chi connectivity index (χ4v) is 1.66. The molecule has 3 heteroatoms. The lowest BCUT2D eigenvalue weighted by atomic mass is 10.0. The van der Waals surface area contributed by atoms with Crippen molar-refractivity contribution in [2.45, 2.75) is 39.9 Å². The molecule has 0 saturated heterocycles. The van der Waals surface area contributed by atoms with Crippen LogP contribution >= 0.6 is 0 Å². The van der Waals surface area contributed by atoms with E-state index in [1.807, 2.05) is 39.0 Å². The van der Waals surface area contributed by atoms with Gasteiger partial charge in [-0.15, -0.1) is 0 Å². The Balaban J connectivity index is 2.44. The molecule has 0 heterocycles. The smallest absolute Gasteiger partial charge is 0.102 e. The zero-order valence-corrected chi connectivity index (χ0v) is 11.8. The van der Waals surface area contributed by atoms with E-state index < -0.39 is 6.10 Å². The number of aryl methyl sites for hydroxylation is 2. The van der Waals surface area contributed by atoms with Crippen LogP contribution in [0.15, 0.2) is 18.2 Å². The SMILES string of the molecule is CCOCC(C)OCC(O)c1ccc(C)c(C)c1. The van der Waals surface area contributed by atoms with Gasteiger partial charge in [0.1, 0.15) is 6.10 Å².